The van der Waals surface area contributed by atoms with Crippen LogP contribution in [-0.2, 0) is 0 Å². The van der Waals surface area contributed by atoms with Crippen molar-refractivity contribution >= 4 is 5.69 Å². The molecule has 0 saturated heterocycles. The summed E-state index contributed by atoms with van der Waals surface area (Å²) in [5.74, 6) is 0. The largest absolute Gasteiger partial charge is 0.387 e. The van der Waals surface area contributed by atoms with Crippen molar-refractivity contribution in [3.05, 3.63) is 64.2 Å². The zero-order valence-corrected chi connectivity index (χ0v) is 12.7. The minimum atomic E-state index is -0.490. The Balaban J connectivity index is 2.08. The summed E-state index contributed by atoms with van der Waals surface area (Å²) < 4.78 is 0. The molecule has 2 aromatic carbocycles. The second-order valence-electron chi connectivity index (χ2n) is 5.58. The van der Waals surface area contributed by atoms with Crippen LogP contribution in [0.1, 0.15) is 33.9 Å². The average Bonchev–Trinajstić information content (AvgIpc) is 2.39. The molecule has 106 valence electrons. The first-order valence-electron chi connectivity index (χ1n) is 7.03. The van der Waals surface area contributed by atoms with Gasteiger partial charge in [-0.25, -0.2) is 0 Å². The number of anilines is 1. The van der Waals surface area contributed by atoms with Gasteiger partial charge in [-0.05, 0) is 56.0 Å². The Morgan fingerprint density at radius 1 is 0.900 bits per heavy atom. The van der Waals surface area contributed by atoms with Gasteiger partial charge in [-0.1, -0.05) is 35.9 Å². The Labute approximate surface area is 121 Å². The van der Waals surface area contributed by atoms with E-state index < -0.39 is 6.10 Å². The topological polar surface area (TPSA) is 32.3 Å². The van der Waals surface area contributed by atoms with Gasteiger partial charge in [0.15, 0.2) is 0 Å². The zero-order valence-electron chi connectivity index (χ0n) is 12.7. The predicted octanol–water partition coefficient (Wildman–Crippen LogP) is 4.07. The van der Waals surface area contributed by atoms with Gasteiger partial charge in [-0.2, -0.15) is 0 Å². The van der Waals surface area contributed by atoms with Gasteiger partial charge in [0, 0.05) is 12.2 Å². The van der Waals surface area contributed by atoms with E-state index in [9.17, 15) is 5.11 Å². The molecule has 0 radical (unpaired) electrons. The Hall–Kier alpha value is -1.80. The van der Waals surface area contributed by atoms with Gasteiger partial charge in [0.1, 0.15) is 0 Å². The molecule has 0 aliphatic carbocycles. The minimum absolute atomic E-state index is 0.490. The van der Waals surface area contributed by atoms with Crippen LogP contribution < -0.4 is 5.32 Å². The summed E-state index contributed by atoms with van der Waals surface area (Å²) in [7, 11) is 0. The van der Waals surface area contributed by atoms with Crippen LogP contribution >= 0.6 is 0 Å². The maximum atomic E-state index is 10.4. The fourth-order valence-corrected chi connectivity index (χ4v) is 2.44. The molecule has 0 saturated carbocycles. The van der Waals surface area contributed by atoms with Crippen LogP contribution in [0.15, 0.2) is 36.4 Å². The molecule has 1 atom stereocenters. The number of rotatable bonds is 4. The lowest BCUT2D eigenvalue weighted by Gasteiger charge is -2.17. The number of nitrogens with one attached hydrogen (secondary N) is 1. The third-order valence-corrected chi connectivity index (χ3v) is 3.66. The molecule has 20 heavy (non-hydrogen) atoms. The number of benzene rings is 2. The quantitative estimate of drug-likeness (QED) is 0.877. The third kappa shape index (κ3) is 3.40. The van der Waals surface area contributed by atoms with Gasteiger partial charge in [0.25, 0.3) is 0 Å². The van der Waals surface area contributed by atoms with Gasteiger partial charge in [-0.15, -0.1) is 0 Å². The highest BCUT2D eigenvalue weighted by molar-refractivity contribution is 5.52. The molecule has 0 bridgehead atoms. The minimum Gasteiger partial charge on any atom is -0.387 e. The molecule has 2 aromatic rings. The number of aliphatic hydroxyl groups excluding tert-OH is 1. The van der Waals surface area contributed by atoms with Gasteiger partial charge in [-0.3, -0.25) is 0 Å². The third-order valence-electron chi connectivity index (χ3n) is 3.66. The SMILES string of the molecule is Cc1ccc(C(O)CNc2cc(C)ccc2C)c(C)c1. The van der Waals surface area contributed by atoms with Crippen LogP contribution in [0, 0.1) is 27.7 Å². The molecule has 2 nitrogen and oxygen atoms in total. The van der Waals surface area contributed by atoms with Gasteiger partial charge in [0.2, 0.25) is 0 Å². The van der Waals surface area contributed by atoms with E-state index in [0.29, 0.717) is 6.54 Å². The van der Waals surface area contributed by atoms with E-state index >= 15 is 0 Å². The van der Waals surface area contributed by atoms with Gasteiger partial charge < -0.3 is 10.4 Å². The molecule has 0 aliphatic heterocycles. The Bertz CT molecular complexity index is 604. The molecular formula is C18H23NO. The van der Waals surface area contributed by atoms with Gasteiger partial charge >= 0.3 is 0 Å². The number of hydrogen-bond acceptors (Lipinski definition) is 2. The second-order valence-corrected chi connectivity index (χ2v) is 5.58. The van der Waals surface area contributed by atoms with E-state index in [2.05, 4.69) is 50.4 Å². The summed E-state index contributed by atoms with van der Waals surface area (Å²) in [5, 5.41) is 13.7. The number of hydrogen-bond donors (Lipinski definition) is 2. The monoisotopic (exact) mass is 269 g/mol. The van der Waals surface area contributed by atoms with Gasteiger partial charge in [0.05, 0.1) is 6.10 Å². The standard InChI is InChI=1S/C18H23NO/c1-12-6-8-16(15(4)9-12)18(20)11-19-17-10-13(2)5-7-14(17)3/h5-10,18-20H,11H2,1-4H3. The van der Waals surface area contributed by atoms with Crippen molar-refractivity contribution in [1.29, 1.82) is 0 Å². The molecule has 2 rings (SSSR count). The molecule has 2 N–H and O–H groups in total. The Morgan fingerprint density at radius 3 is 2.25 bits per heavy atom. The molecule has 0 heterocycles. The lowest BCUT2D eigenvalue weighted by atomic mass is 10.0. The van der Waals surface area contributed by atoms with Crippen LogP contribution in [0.2, 0.25) is 0 Å². The first-order valence-corrected chi connectivity index (χ1v) is 7.03. The number of aryl methyl sites for hydroxylation is 4. The predicted molar refractivity (Wildman–Crippen MR) is 85.3 cm³/mol. The lowest BCUT2D eigenvalue weighted by molar-refractivity contribution is 0.191. The van der Waals surface area contributed by atoms with E-state index in [-0.39, 0.29) is 0 Å². The van der Waals surface area contributed by atoms with E-state index in [1.54, 1.807) is 0 Å². The normalized spacial score (nSPS) is 12.2. The molecule has 0 spiro atoms. The summed E-state index contributed by atoms with van der Waals surface area (Å²) >= 11 is 0. The Kier molecular flexibility index (Phi) is 4.46. The summed E-state index contributed by atoms with van der Waals surface area (Å²) in [6.45, 7) is 8.78. The zero-order chi connectivity index (χ0) is 14.7. The van der Waals surface area contributed by atoms with E-state index in [4.69, 9.17) is 0 Å². The van der Waals surface area contributed by atoms with Crippen LogP contribution in [0.3, 0.4) is 0 Å². The van der Waals surface area contributed by atoms with Crippen LogP contribution in [-0.4, -0.2) is 11.7 Å². The average molecular weight is 269 g/mol. The van der Waals surface area contributed by atoms with E-state index in [1.165, 1.54) is 16.7 Å². The van der Waals surface area contributed by atoms with Crippen LogP contribution in [0.4, 0.5) is 5.69 Å². The Morgan fingerprint density at radius 2 is 1.55 bits per heavy atom. The van der Waals surface area contributed by atoms with Crippen molar-refractivity contribution in [1.82, 2.24) is 0 Å². The van der Waals surface area contributed by atoms with Crippen LogP contribution in [0.5, 0.6) is 0 Å². The van der Waals surface area contributed by atoms with Crippen molar-refractivity contribution < 1.29 is 5.11 Å². The molecule has 0 aliphatic rings. The maximum Gasteiger partial charge on any atom is 0.0964 e. The number of aliphatic hydroxyl groups is 1. The van der Waals surface area contributed by atoms with Crippen molar-refractivity contribution in [2.45, 2.75) is 33.8 Å². The maximum absolute atomic E-state index is 10.4. The fourth-order valence-electron chi connectivity index (χ4n) is 2.44. The molecule has 0 fully saturated rings. The molecular weight excluding hydrogens is 246 g/mol. The fraction of sp³-hybridized carbons (Fsp3) is 0.333. The summed E-state index contributed by atoms with van der Waals surface area (Å²) in [6.07, 6.45) is -0.490. The summed E-state index contributed by atoms with van der Waals surface area (Å²) in [5.41, 5.74) is 6.87. The van der Waals surface area contributed by atoms with Crippen LogP contribution in [0.25, 0.3) is 0 Å². The summed E-state index contributed by atoms with van der Waals surface area (Å²) in [4.78, 5) is 0. The molecule has 2 heteroatoms. The highest BCUT2D eigenvalue weighted by Gasteiger charge is 2.10. The highest BCUT2D eigenvalue weighted by atomic mass is 16.3. The first kappa shape index (κ1) is 14.6. The first-order chi connectivity index (χ1) is 9.47. The summed E-state index contributed by atoms with van der Waals surface area (Å²) in [6, 6.07) is 12.5. The van der Waals surface area contributed by atoms with Crippen molar-refractivity contribution in [3.63, 3.8) is 0 Å². The smallest absolute Gasteiger partial charge is 0.0964 e. The lowest BCUT2D eigenvalue weighted by Crippen LogP contribution is -2.14. The van der Waals surface area contributed by atoms with Crippen molar-refractivity contribution in [2.75, 3.05) is 11.9 Å². The van der Waals surface area contributed by atoms with Crippen molar-refractivity contribution in [3.8, 4) is 0 Å². The van der Waals surface area contributed by atoms with E-state index in [0.717, 1.165) is 16.8 Å². The molecule has 0 amide bonds. The van der Waals surface area contributed by atoms with Crippen molar-refractivity contribution in [2.24, 2.45) is 0 Å². The van der Waals surface area contributed by atoms with E-state index in [1.807, 2.05) is 19.1 Å². The second kappa shape index (κ2) is 6.10. The highest BCUT2D eigenvalue weighted by Crippen LogP contribution is 2.21. The molecule has 0 aromatic heterocycles. The molecule has 1 unspecified atom stereocenters.